The molecule has 3 aromatic heterocycles. The van der Waals surface area contributed by atoms with Gasteiger partial charge in [-0.15, -0.1) is 0 Å². The zero-order chi connectivity index (χ0) is 27.9. The molecule has 4 N–H and O–H groups in total. The third-order valence-electron chi connectivity index (χ3n) is 7.67. The number of benzene rings is 4. The quantitative estimate of drug-likeness (QED) is 0.110. The molecular formula is C32H18AgN8O2. The van der Waals surface area contributed by atoms with Gasteiger partial charge in [-0.2, -0.15) is 0 Å². The van der Waals surface area contributed by atoms with Crippen LogP contribution in [0, 0.1) is 0 Å². The van der Waals surface area contributed by atoms with Crippen LogP contribution in [0.25, 0.3) is 89.7 Å². The van der Waals surface area contributed by atoms with Crippen molar-refractivity contribution in [2.24, 2.45) is 0 Å². The van der Waals surface area contributed by atoms with E-state index in [0.717, 1.165) is 33.0 Å². The van der Waals surface area contributed by atoms with E-state index in [9.17, 15) is 10.2 Å². The van der Waals surface area contributed by atoms with E-state index < -0.39 is 0 Å². The number of aromatic nitrogens is 8. The molecule has 209 valence electrons. The topological polar surface area (TPSA) is 149 Å². The van der Waals surface area contributed by atoms with Crippen LogP contribution < -0.4 is 0 Å². The third-order valence-corrected chi connectivity index (χ3v) is 7.67. The van der Waals surface area contributed by atoms with Crippen molar-refractivity contribution in [2.75, 3.05) is 0 Å². The van der Waals surface area contributed by atoms with Crippen LogP contribution in [0.2, 0.25) is 0 Å². The SMILES string of the molecule is Oc1ccc2c3nc4nc(nc5[nH]c(nc6nc(nc([nH]3)c2c1O)-c1ccccc1-6)c1ccccc51)-c1ccccc1-4.[Ag]. The maximum atomic E-state index is 10.9. The van der Waals surface area contributed by atoms with E-state index in [4.69, 9.17) is 29.9 Å². The Bertz CT molecular complexity index is 2460. The average molecular weight is 654 g/mol. The Morgan fingerprint density at radius 1 is 0.419 bits per heavy atom. The number of phenolic OH excluding ortho intramolecular Hbond substituents is 2. The smallest absolute Gasteiger partial charge is 0.169 e. The minimum absolute atomic E-state index is 0. The van der Waals surface area contributed by atoms with E-state index in [2.05, 4.69) is 9.97 Å². The second-order valence-electron chi connectivity index (χ2n) is 10.1. The Balaban J connectivity index is 0.00000278. The number of nitrogens with zero attached hydrogens (tertiary/aromatic N) is 6. The molecule has 1 radical (unpaired) electrons. The average Bonchev–Trinajstić information content (AvgIpc) is 3.74. The van der Waals surface area contributed by atoms with Crippen molar-refractivity contribution in [1.29, 1.82) is 0 Å². The van der Waals surface area contributed by atoms with Crippen molar-refractivity contribution in [3.05, 3.63) is 84.9 Å². The number of phenols is 2. The van der Waals surface area contributed by atoms with Gasteiger partial charge in [0.2, 0.25) is 0 Å². The molecule has 0 saturated heterocycles. The van der Waals surface area contributed by atoms with Crippen LogP contribution in [0.1, 0.15) is 0 Å². The van der Waals surface area contributed by atoms with Gasteiger partial charge in [-0.05, 0) is 12.1 Å². The van der Waals surface area contributed by atoms with E-state index in [-0.39, 0.29) is 33.9 Å². The van der Waals surface area contributed by atoms with E-state index in [1.807, 2.05) is 72.8 Å². The maximum absolute atomic E-state index is 10.9. The molecule has 0 spiro atoms. The van der Waals surface area contributed by atoms with E-state index in [1.165, 1.54) is 6.07 Å². The number of fused-ring (bicyclic) bond motifs is 20. The van der Waals surface area contributed by atoms with Gasteiger partial charge in [-0.1, -0.05) is 72.8 Å². The molecule has 43 heavy (non-hydrogen) atoms. The van der Waals surface area contributed by atoms with Crippen LogP contribution in [0.15, 0.2) is 84.9 Å². The van der Waals surface area contributed by atoms with Gasteiger partial charge in [0.1, 0.15) is 22.6 Å². The minimum atomic E-state index is -0.302. The van der Waals surface area contributed by atoms with Crippen molar-refractivity contribution in [3.63, 3.8) is 0 Å². The summed E-state index contributed by atoms with van der Waals surface area (Å²) < 4.78 is 0. The maximum Gasteiger partial charge on any atom is 0.169 e. The van der Waals surface area contributed by atoms with Crippen LogP contribution in [0.4, 0.5) is 0 Å². The molecule has 5 heterocycles. The van der Waals surface area contributed by atoms with Crippen LogP contribution in [-0.2, 0) is 22.4 Å². The Labute approximate surface area is 257 Å². The predicted octanol–water partition coefficient (Wildman–Crippen LogP) is 6.28. The molecule has 9 rings (SSSR count). The Hall–Kier alpha value is -5.42. The summed E-state index contributed by atoms with van der Waals surface area (Å²) in [5, 5.41) is 24.0. The number of H-pyrrole nitrogens is 2. The Morgan fingerprint density at radius 2 is 0.814 bits per heavy atom. The van der Waals surface area contributed by atoms with Gasteiger partial charge >= 0.3 is 0 Å². The number of aromatic amines is 2. The molecule has 7 aromatic rings. The molecule has 2 aliphatic heterocycles. The monoisotopic (exact) mass is 653 g/mol. The molecule has 0 aliphatic carbocycles. The fourth-order valence-electron chi connectivity index (χ4n) is 5.70. The molecule has 2 aliphatic rings. The first-order valence-electron chi connectivity index (χ1n) is 13.3. The number of nitrogens with one attached hydrogen (secondary N) is 2. The minimum Gasteiger partial charge on any atom is -0.504 e. The van der Waals surface area contributed by atoms with Crippen molar-refractivity contribution >= 4 is 44.1 Å². The first-order valence-corrected chi connectivity index (χ1v) is 13.3. The fraction of sp³-hybridized carbons (Fsp3) is 0. The molecule has 11 heteroatoms. The van der Waals surface area contributed by atoms with Crippen LogP contribution in [0.3, 0.4) is 0 Å². The summed E-state index contributed by atoms with van der Waals surface area (Å²) in [6.07, 6.45) is 0. The number of hydrogen-bond donors (Lipinski definition) is 4. The van der Waals surface area contributed by atoms with Crippen LogP contribution in [0.5, 0.6) is 11.5 Å². The van der Waals surface area contributed by atoms with Crippen molar-refractivity contribution in [1.82, 2.24) is 39.9 Å². The first-order chi connectivity index (χ1) is 20.6. The van der Waals surface area contributed by atoms with Gasteiger partial charge in [-0.25, -0.2) is 29.9 Å². The number of aromatic hydroxyl groups is 2. The van der Waals surface area contributed by atoms with Crippen molar-refractivity contribution in [2.45, 2.75) is 0 Å². The molecular weight excluding hydrogens is 636 g/mol. The molecule has 10 nitrogen and oxygen atoms in total. The van der Waals surface area contributed by atoms with E-state index in [1.54, 1.807) is 6.07 Å². The normalized spacial score (nSPS) is 11.7. The summed E-state index contributed by atoms with van der Waals surface area (Å²) in [7, 11) is 0. The van der Waals surface area contributed by atoms with Crippen molar-refractivity contribution < 1.29 is 32.6 Å². The largest absolute Gasteiger partial charge is 0.504 e. The molecule has 0 saturated carbocycles. The van der Waals surface area contributed by atoms with E-state index >= 15 is 0 Å². The molecule has 8 bridgehead atoms. The zero-order valence-electron chi connectivity index (χ0n) is 22.0. The number of hydrogen-bond acceptors (Lipinski definition) is 8. The Morgan fingerprint density at radius 3 is 1.30 bits per heavy atom. The van der Waals surface area contributed by atoms with Gasteiger partial charge in [0, 0.05) is 60.8 Å². The van der Waals surface area contributed by atoms with Gasteiger partial charge in [0.25, 0.3) is 0 Å². The predicted molar refractivity (Wildman–Crippen MR) is 159 cm³/mol. The van der Waals surface area contributed by atoms with Crippen LogP contribution in [-0.4, -0.2) is 50.1 Å². The summed E-state index contributed by atoms with van der Waals surface area (Å²) in [4.78, 5) is 36.0. The molecule has 0 atom stereocenters. The van der Waals surface area contributed by atoms with E-state index in [0.29, 0.717) is 56.7 Å². The van der Waals surface area contributed by atoms with Crippen LogP contribution >= 0.6 is 0 Å². The second-order valence-corrected chi connectivity index (χ2v) is 10.1. The summed E-state index contributed by atoms with van der Waals surface area (Å²) in [5.74, 6) is 1.30. The van der Waals surface area contributed by atoms with Gasteiger partial charge in [0.15, 0.2) is 34.8 Å². The second kappa shape index (κ2) is 9.30. The fourth-order valence-corrected chi connectivity index (χ4v) is 5.70. The Kier molecular flexibility index (Phi) is 5.47. The zero-order valence-corrected chi connectivity index (χ0v) is 23.4. The van der Waals surface area contributed by atoms with Crippen molar-refractivity contribution in [3.8, 4) is 57.1 Å². The van der Waals surface area contributed by atoms with Gasteiger partial charge in [0.05, 0.1) is 5.39 Å². The first kappa shape index (κ1) is 25.3. The third kappa shape index (κ3) is 3.71. The molecule has 4 aromatic carbocycles. The molecule has 0 amide bonds. The summed E-state index contributed by atoms with van der Waals surface area (Å²) in [6, 6.07) is 26.5. The standard InChI is InChI=1S/C32H18N8O2.Ag/c41-22-14-13-21-23(24(22)42)32-39-30-20-12-6-5-11-19(20)28(37-30)35-26-16-8-2-1-7-15(16)25(33-26)34-27-17-9-3-4-10-18(17)29(36-27)38-31(21)40-32;/h1-14,41-42H,(H2,33,34,35,36,37,38,39,40);. The molecule has 0 unspecified atom stereocenters. The van der Waals surface area contributed by atoms with Gasteiger partial charge in [-0.3, -0.25) is 0 Å². The van der Waals surface area contributed by atoms with Gasteiger partial charge < -0.3 is 20.2 Å². The summed E-state index contributed by atoms with van der Waals surface area (Å²) in [5.41, 5.74) is 5.23. The summed E-state index contributed by atoms with van der Waals surface area (Å²) in [6.45, 7) is 0. The summed E-state index contributed by atoms with van der Waals surface area (Å²) >= 11 is 0. The molecule has 0 fully saturated rings. The number of rotatable bonds is 0.